The molecule has 2 fully saturated rings. The van der Waals surface area contributed by atoms with Crippen LogP contribution in [0.2, 0.25) is 0 Å². The first-order chi connectivity index (χ1) is 15.2. The molecular formula is C25H25F2NO4. The van der Waals surface area contributed by atoms with Crippen molar-refractivity contribution in [3.8, 4) is 11.1 Å². The van der Waals surface area contributed by atoms with Crippen LogP contribution in [0.1, 0.15) is 55.6 Å². The van der Waals surface area contributed by atoms with E-state index in [0.29, 0.717) is 0 Å². The fourth-order valence-corrected chi connectivity index (χ4v) is 5.85. The van der Waals surface area contributed by atoms with Crippen molar-refractivity contribution < 1.29 is 28.2 Å². The number of benzene rings is 2. The molecule has 3 aliphatic rings. The molecule has 168 valence electrons. The third-order valence-corrected chi connectivity index (χ3v) is 7.49. The number of carbonyl (C=O) groups is 2. The number of fused-ring (bicyclic) bond motifs is 3. The maximum absolute atomic E-state index is 13.5. The van der Waals surface area contributed by atoms with Crippen LogP contribution in [0.5, 0.6) is 0 Å². The Bertz CT molecular complexity index is 1020. The van der Waals surface area contributed by atoms with Crippen LogP contribution in [0.25, 0.3) is 11.1 Å². The summed E-state index contributed by atoms with van der Waals surface area (Å²) in [5.41, 5.74) is 2.47. The molecule has 0 radical (unpaired) electrons. The van der Waals surface area contributed by atoms with Gasteiger partial charge in [0.1, 0.15) is 12.1 Å². The molecule has 2 saturated carbocycles. The lowest BCUT2D eigenvalue weighted by atomic mass is 9.51. The van der Waals surface area contributed by atoms with Crippen LogP contribution in [0.15, 0.2) is 48.5 Å². The van der Waals surface area contributed by atoms with Gasteiger partial charge in [-0.1, -0.05) is 48.5 Å². The largest absolute Gasteiger partial charge is 0.480 e. The number of ether oxygens (including phenoxy) is 1. The Hall–Kier alpha value is -2.96. The number of carbonyl (C=O) groups excluding carboxylic acids is 1. The number of alkyl halides is 2. The van der Waals surface area contributed by atoms with E-state index in [0.717, 1.165) is 22.3 Å². The van der Waals surface area contributed by atoms with Crippen molar-refractivity contribution in [3.05, 3.63) is 59.7 Å². The van der Waals surface area contributed by atoms with Crippen LogP contribution in [-0.4, -0.2) is 35.2 Å². The van der Waals surface area contributed by atoms with Gasteiger partial charge in [-0.05, 0) is 53.4 Å². The summed E-state index contributed by atoms with van der Waals surface area (Å²) in [6.45, 7) is 0.0902. The highest BCUT2D eigenvalue weighted by Gasteiger charge is 2.62. The number of halogens is 2. The lowest BCUT2D eigenvalue weighted by Gasteiger charge is -2.56. The molecule has 1 spiro atoms. The minimum atomic E-state index is -2.67. The molecule has 2 aromatic rings. The Kier molecular flexibility index (Phi) is 4.76. The fourth-order valence-electron chi connectivity index (χ4n) is 5.85. The van der Waals surface area contributed by atoms with Gasteiger partial charge in [0.05, 0.1) is 0 Å². The zero-order valence-corrected chi connectivity index (χ0v) is 17.6. The number of nitrogens with one attached hydrogen (secondary N) is 1. The average Bonchev–Trinajstić information content (AvgIpc) is 3.06. The maximum Gasteiger partial charge on any atom is 0.408 e. The molecule has 7 heteroatoms. The number of carboxylic acids is 1. The zero-order chi connectivity index (χ0) is 22.6. The lowest BCUT2D eigenvalue weighted by molar-refractivity contribution is -0.164. The van der Waals surface area contributed by atoms with Crippen LogP contribution in [-0.2, 0) is 9.53 Å². The molecule has 0 bridgehead atoms. The Balaban J connectivity index is 1.25. The second-order valence-electron chi connectivity index (χ2n) is 9.55. The molecule has 3 aliphatic carbocycles. The van der Waals surface area contributed by atoms with E-state index in [4.69, 9.17) is 4.74 Å². The number of carboxylic acid groups (broad SMARTS) is 1. The summed E-state index contributed by atoms with van der Waals surface area (Å²) in [4.78, 5) is 24.6. The van der Waals surface area contributed by atoms with Crippen molar-refractivity contribution in [1.29, 1.82) is 0 Å². The highest BCUT2D eigenvalue weighted by Crippen LogP contribution is 2.59. The number of rotatable bonds is 4. The standard InChI is InChI=1S/C25H25F2NO4/c26-25(27)11-9-23(10-12-25)14-24(15-23,21(29)30)28-22(31)32-13-20-18-7-3-1-5-16(18)17-6-2-4-8-19(17)20/h1-8,20H,9-15H2,(H,28,31)(H,29,30). The molecule has 0 aromatic heterocycles. The van der Waals surface area contributed by atoms with Gasteiger partial charge in [0.25, 0.3) is 0 Å². The van der Waals surface area contributed by atoms with Crippen LogP contribution in [0, 0.1) is 5.41 Å². The Morgan fingerprint density at radius 3 is 2.00 bits per heavy atom. The van der Waals surface area contributed by atoms with Gasteiger partial charge in [-0.25, -0.2) is 18.4 Å². The van der Waals surface area contributed by atoms with E-state index in [1.165, 1.54) is 0 Å². The van der Waals surface area contributed by atoms with Gasteiger partial charge in [-0.15, -0.1) is 0 Å². The highest BCUT2D eigenvalue weighted by molar-refractivity contribution is 5.86. The van der Waals surface area contributed by atoms with Gasteiger partial charge in [0, 0.05) is 18.8 Å². The predicted molar refractivity (Wildman–Crippen MR) is 114 cm³/mol. The van der Waals surface area contributed by atoms with Crippen LogP contribution in [0.4, 0.5) is 13.6 Å². The van der Waals surface area contributed by atoms with E-state index in [9.17, 15) is 23.5 Å². The number of alkyl carbamates (subject to hydrolysis) is 1. The van der Waals surface area contributed by atoms with Gasteiger partial charge in [-0.2, -0.15) is 0 Å². The van der Waals surface area contributed by atoms with Gasteiger partial charge in [0.2, 0.25) is 5.92 Å². The molecule has 5 rings (SSSR count). The molecule has 0 aliphatic heterocycles. The quantitative estimate of drug-likeness (QED) is 0.672. The normalized spacial score (nSPS) is 21.8. The topological polar surface area (TPSA) is 75.6 Å². The Morgan fingerprint density at radius 1 is 0.938 bits per heavy atom. The average molecular weight is 441 g/mol. The summed E-state index contributed by atoms with van der Waals surface area (Å²) < 4.78 is 32.5. The molecule has 2 N–H and O–H groups in total. The third kappa shape index (κ3) is 3.44. The summed E-state index contributed by atoms with van der Waals surface area (Å²) in [5, 5.41) is 12.3. The first kappa shape index (κ1) is 20.9. The van der Waals surface area contributed by atoms with Crippen molar-refractivity contribution in [2.45, 2.75) is 55.9 Å². The minimum Gasteiger partial charge on any atom is -0.480 e. The van der Waals surface area contributed by atoms with E-state index in [2.05, 4.69) is 5.32 Å². The van der Waals surface area contributed by atoms with Crippen LogP contribution in [0.3, 0.4) is 0 Å². The van der Waals surface area contributed by atoms with Gasteiger partial charge in [-0.3, -0.25) is 0 Å². The van der Waals surface area contributed by atoms with E-state index < -0.39 is 28.9 Å². The molecule has 0 saturated heterocycles. The first-order valence-corrected chi connectivity index (χ1v) is 11.0. The summed E-state index contributed by atoms with van der Waals surface area (Å²) in [5.74, 6) is -3.94. The van der Waals surface area contributed by atoms with E-state index in [1.54, 1.807) is 0 Å². The first-order valence-electron chi connectivity index (χ1n) is 11.0. The summed E-state index contributed by atoms with van der Waals surface area (Å²) in [7, 11) is 0. The molecule has 0 heterocycles. The Labute approximate surface area is 184 Å². The summed E-state index contributed by atoms with van der Waals surface area (Å²) >= 11 is 0. The Morgan fingerprint density at radius 2 is 1.47 bits per heavy atom. The smallest absolute Gasteiger partial charge is 0.408 e. The van der Waals surface area contributed by atoms with Crippen molar-refractivity contribution in [2.75, 3.05) is 6.61 Å². The molecule has 32 heavy (non-hydrogen) atoms. The monoisotopic (exact) mass is 441 g/mol. The predicted octanol–water partition coefficient (Wildman–Crippen LogP) is 5.34. The zero-order valence-electron chi connectivity index (χ0n) is 17.6. The molecule has 5 nitrogen and oxygen atoms in total. The number of amides is 1. The van der Waals surface area contributed by atoms with Crippen LogP contribution >= 0.6 is 0 Å². The molecule has 2 aromatic carbocycles. The van der Waals surface area contributed by atoms with E-state index in [-0.39, 0.29) is 51.0 Å². The number of hydrogen-bond acceptors (Lipinski definition) is 3. The van der Waals surface area contributed by atoms with Gasteiger partial charge >= 0.3 is 12.1 Å². The summed E-state index contributed by atoms with van der Waals surface area (Å²) in [6.07, 6.45) is -0.361. The van der Waals surface area contributed by atoms with Crippen molar-refractivity contribution in [3.63, 3.8) is 0 Å². The maximum atomic E-state index is 13.5. The van der Waals surface area contributed by atoms with Crippen LogP contribution < -0.4 is 5.32 Å². The van der Waals surface area contributed by atoms with Crippen molar-refractivity contribution in [1.82, 2.24) is 5.32 Å². The third-order valence-electron chi connectivity index (χ3n) is 7.49. The molecular weight excluding hydrogens is 416 g/mol. The number of hydrogen-bond donors (Lipinski definition) is 2. The van der Waals surface area contributed by atoms with Crippen molar-refractivity contribution >= 4 is 12.1 Å². The van der Waals surface area contributed by atoms with Gasteiger partial charge in [0.15, 0.2) is 0 Å². The van der Waals surface area contributed by atoms with E-state index >= 15 is 0 Å². The second-order valence-corrected chi connectivity index (χ2v) is 9.55. The van der Waals surface area contributed by atoms with Gasteiger partial charge < -0.3 is 15.2 Å². The van der Waals surface area contributed by atoms with E-state index in [1.807, 2.05) is 48.5 Å². The second kappa shape index (κ2) is 7.29. The molecule has 0 unspecified atom stereocenters. The molecule has 0 atom stereocenters. The lowest BCUT2D eigenvalue weighted by Crippen LogP contribution is -2.67. The fraction of sp³-hybridized carbons (Fsp3) is 0.440. The highest BCUT2D eigenvalue weighted by atomic mass is 19.3. The van der Waals surface area contributed by atoms with Crippen molar-refractivity contribution in [2.24, 2.45) is 5.41 Å². The molecule has 1 amide bonds. The number of aliphatic carboxylic acids is 1. The minimum absolute atomic E-state index is 0.0902. The summed E-state index contributed by atoms with van der Waals surface area (Å²) in [6, 6.07) is 15.9. The SMILES string of the molecule is O=C(NC1(C(=O)O)CC2(CCC(F)(F)CC2)C1)OCC1c2ccccc2-c2ccccc21.